The summed E-state index contributed by atoms with van der Waals surface area (Å²) in [5, 5.41) is 5.41. The van der Waals surface area contributed by atoms with E-state index in [9.17, 15) is 0 Å². The fourth-order valence-corrected chi connectivity index (χ4v) is 7.22. The van der Waals surface area contributed by atoms with E-state index in [1.807, 2.05) is 0 Å². The summed E-state index contributed by atoms with van der Waals surface area (Å²) in [5.41, 5.74) is 10.6. The summed E-state index contributed by atoms with van der Waals surface area (Å²) in [6.07, 6.45) is 0. The van der Waals surface area contributed by atoms with Gasteiger partial charge in [0.15, 0.2) is 5.82 Å². The summed E-state index contributed by atoms with van der Waals surface area (Å²) >= 11 is 0. The topological polar surface area (TPSA) is 24.3 Å². The van der Waals surface area contributed by atoms with E-state index in [0.29, 0.717) is 0 Å². The molecule has 0 atom stereocenters. The molecular weight excluding hydrogens is 524 g/mol. The van der Waals surface area contributed by atoms with Crippen molar-refractivity contribution in [3.8, 4) is 5.69 Å². The molecule has 0 fully saturated rings. The molecule has 0 unspecified atom stereocenters. The standard InChI is InChI=1S/C39H34N4/c1-38(2)28-18-8-12-22-32(28)41(33-23-13-9-19-29(33)38)36-26-37(43(40-36)27-16-6-5-7-17-27)42-34-24-14-10-20-30(34)39(3,4)31-21-11-15-25-35(31)42/h5-26H,1-4H3. The van der Waals surface area contributed by atoms with Crippen LogP contribution in [0.15, 0.2) is 133 Å². The number of fused-ring (bicyclic) bond motifs is 4. The Morgan fingerprint density at radius 2 is 0.814 bits per heavy atom. The van der Waals surface area contributed by atoms with Crippen LogP contribution in [-0.4, -0.2) is 9.78 Å². The van der Waals surface area contributed by atoms with Gasteiger partial charge in [0.25, 0.3) is 0 Å². The molecule has 4 heteroatoms. The Balaban J connectivity index is 1.42. The van der Waals surface area contributed by atoms with Crippen LogP contribution in [0.2, 0.25) is 0 Å². The van der Waals surface area contributed by atoms with E-state index in [0.717, 1.165) is 28.7 Å². The lowest BCUT2D eigenvalue weighted by Gasteiger charge is -2.41. The zero-order valence-corrected chi connectivity index (χ0v) is 25.0. The number of rotatable bonds is 3. The molecule has 6 aromatic rings. The zero-order valence-electron chi connectivity index (χ0n) is 25.0. The molecule has 8 rings (SSSR count). The average molecular weight is 559 g/mol. The van der Waals surface area contributed by atoms with Gasteiger partial charge in [0.2, 0.25) is 0 Å². The Morgan fingerprint density at radius 1 is 0.442 bits per heavy atom. The van der Waals surface area contributed by atoms with E-state index < -0.39 is 0 Å². The monoisotopic (exact) mass is 558 g/mol. The third-order valence-electron chi connectivity index (χ3n) is 9.41. The summed E-state index contributed by atoms with van der Waals surface area (Å²) in [6, 6.07) is 47.8. The van der Waals surface area contributed by atoms with Gasteiger partial charge in [0.1, 0.15) is 5.82 Å². The van der Waals surface area contributed by atoms with Gasteiger partial charge in [0, 0.05) is 16.9 Å². The molecule has 3 heterocycles. The first-order valence-electron chi connectivity index (χ1n) is 15.0. The van der Waals surface area contributed by atoms with E-state index in [2.05, 4.69) is 176 Å². The Labute approximate surface area is 253 Å². The molecule has 0 amide bonds. The molecule has 0 saturated heterocycles. The highest BCUT2D eigenvalue weighted by molar-refractivity contribution is 5.89. The normalized spacial score (nSPS) is 15.7. The van der Waals surface area contributed by atoms with Gasteiger partial charge in [-0.2, -0.15) is 0 Å². The van der Waals surface area contributed by atoms with Crippen molar-refractivity contribution in [1.82, 2.24) is 9.78 Å². The predicted molar refractivity (Wildman–Crippen MR) is 177 cm³/mol. The van der Waals surface area contributed by atoms with Crippen LogP contribution >= 0.6 is 0 Å². The van der Waals surface area contributed by atoms with E-state index in [4.69, 9.17) is 5.10 Å². The highest BCUT2D eigenvalue weighted by atomic mass is 15.4. The highest BCUT2D eigenvalue weighted by Gasteiger charge is 2.40. The molecule has 5 aromatic carbocycles. The van der Waals surface area contributed by atoms with Crippen LogP contribution in [0.25, 0.3) is 5.69 Å². The molecule has 0 radical (unpaired) electrons. The largest absolute Gasteiger partial charge is 0.294 e. The minimum atomic E-state index is -0.138. The van der Waals surface area contributed by atoms with Crippen molar-refractivity contribution in [3.05, 3.63) is 156 Å². The van der Waals surface area contributed by atoms with Gasteiger partial charge in [-0.15, -0.1) is 5.10 Å². The first-order chi connectivity index (χ1) is 20.9. The molecule has 2 aliphatic rings. The molecule has 0 saturated carbocycles. The van der Waals surface area contributed by atoms with Crippen LogP contribution in [0.5, 0.6) is 0 Å². The van der Waals surface area contributed by atoms with Gasteiger partial charge >= 0.3 is 0 Å². The number of nitrogens with zero attached hydrogens (tertiary/aromatic N) is 4. The molecule has 0 spiro atoms. The molecule has 0 aliphatic carbocycles. The van der Waals surface area contributed by atoms with Gasteiger partial charge in [-0.05, 0) is 58.7 Å². The van der Waals surface area contributed by atoms with Crippen LogP contribution in [-0.2, 0) is 10.8 Å². The lowest BCUT2D eigenvalue weighted by atomic mass is 9.73. The third kappa shape index (κ3) is 3.66. The average Bonchev–Trinajstić information content (AvgIpc) is 3.46. The molecule has 0 N–H and O–H groups in total. The fraction of sp³-hybridized carbons (Fsp3) is 0.154. The molecule has 1 aromatic heterocycles. The van der Waals surface area contributed by atoms with Crippen molar-refractivity contribution in [2.24, 2.45) is 0 Å². The molecule has 0 bridgehead atoms. The van der Waals surface area contributed by atoms with Gasteiger partial charge in [-0.3, -0.25) is 9.80 Å². The third-order valence-corrected chi connectivity index (χ3v) is 9.41. The summed E-state index contributed by atoms with van der Waals surface area (Å²) in [6.45, 7) is 9.29. The van der Waals surface area contributed by atoms with Crippen molar-refractivity contribution in [1.29, 1.82) is 0 Å². The summed E-state index contributed by atoms with van der Waals surface area (Å²) in [7, 11) is 0. The van der Waals surface area contributed by atoms with Crippen molar-refractivity contribution in [2.75, 3.05) is 9.80 Å². The molecule has 2 aliphatic heterocycles. The minimum Gasteiger partial charge on any atom is -0.294 e. The Morgan fingerprint density at radius 3 is 1.26 bits per heavy atom. The van der Waals surface area contributed by atoms with Gasteiger partial charge in [-0.1, -0.05) is 119 Å². The van der Waals surface area contributed by atoms with Crippen LogP contribution < -0.4 is 9.80 Å². The molecule has 210 valence electrons. The van der Waals surface area contributed by atoms with Crippen LogP contribution in [0, 0.1) is 0 Å². The van der Waals surface area contributed by atoms with Crippen LogP contribution in [0.1, 0.15) is 49.9 Å². The highest BCUT2D eigenvalue weighted by Crippen LogP contribution is 2.55. The minimum absolute atomic E-state index is 0.134. The van der Waals surface area contributed by atoms with E-state index in [1.54, 1.807) is 0 Å². The number of aromatic nitrogens is 2. The lowest BCUT2D eigenvalue weighted by molar-refractivity contribution is 0.630. The molecule has 4 nitrogen and oxygen atoms in total. The van der Waals surface area contributed by atoms with Crippen molar-refractivity contribution < 1.29 is 0 Å². The van der Waals surface area contributed by atoms with Gasteiger partial charge < -0.3 is 0 Å². The van der Waals surface area contributed by atoms with Crippen molar-refractivity contribution in [2.45, 2.75) is 38.5 Å². The lowest BCUT2D eigenvalue weighted by Crippen LogP contribution is -2.31. The number of hydrogen-bond donors (Lipinski definition) is 0. The summed E-state index contributed by atoms with van der Waals surface area (Å²) in [5.74, 6) is 1.88. The second-order valence-electron chi connectivity index (χ2n) is 12.6. The fourth-order valence-electron chi connectivity index (χ4n) is 7.22. The maximum absolute atomic E-state index is 5.41. The van der Waals surface area contributed by atoms with Crippen molar-refractivity contribution >= 4 is 34.4 Å². The van der Waals surface area contributed by atoms with E-state index >= 15 is 0 Å². The number of anilines is 6. The van der Waals surface area contributed by atoms with E-state index in [-0.39, 0.29) is 10.8 Å². The Hall–Kier alpha value is -5.09. The molecular formula is C39H34N4. The maximum Gasteiger partial charge on any atom is 0.162 e. The van der Waals surface area contributed by atoms with Crippen LogP contribution in [0.4, 0.5) is 34.4 Å². The summed E-state index contributed by atoms with van der Waals surface area (Å²) in [4.78, 5) is 4.73. The molecule has 43 heavy (non-hydrogen) atoms. The summed E-state index contributed by atoms with van der Waals surface area (Å²) < 4.78 is 2.10. The quantitative estimate of drug-likeness (QED) is 0.216. The number of benzene rings is 5. The first kappa shape index (κ1) is 25.6. The Bertz CT molecular complexity index is 1900. The predicted octanol–water partition coefficient (Wildman–Crippen LogP) is 10.1. The smallest absolute Gasteiger partial charge is 0.162 e. The Kier molecular flexibility index (Phi) is 5.48. The van der Waals surface area contributed by atoms with Gasteiger partial charge in [-0.25, -0.2) is 4.68 Å². The maximum atomic E-state index is 5.41. The second kappa shape index (κ2) is 9.20. The zero-order chi connectivity index (χ0) is 29.3. The second-order valence-corrected chi connectivity index (χ2v) is 12.6. The SMILES string of the molecule is CC1(C)c2ccccc2N(c2cc(N3c4ccccc4C(C)(C)c4ccccc43)n(-c3ccccc3)n2)c2ccccc21. The van der Waals surface area contributed by atoms with Crippen LogP contribution in [0.3, 0.4) is 0 Å². The van der Waals surface area contributed by atoms with E-state index in [1.165, 1.54) is 33.6 Å². The number of hydrogen-bond acceptors (Lipinski definition) is 3. The number of para-hydroxylation sites is 5. The first-order valence-corrected chi connectivity index (χ1v) is 15.0. The van der Waals surface area contributed by atoms with Gasteiger partial charge in [0.05, 0.1) is 28.4 Å². The van der Waals surface area contributed by atoms with Crippen molar-refractivity contribution in [3.63, 3.8) is 0 Å².